The van der Waals surface area contributed by atoms with E-state index in [2.05, 4.69) is 20.2 Å². The summed E-state index contributed by atoms with van der Waals surface area (Å²) in [4.78, 5) is 7.20. The summed E-state index contributed by atoms with van der Waals surface area (Å²) in [7, 11) is -3.76. The molecule has 0 aliphatic heterocycles. The number of fused-ring (bicyclic) bond motifs is 3. The second-order valence-electron chi connectivity index (χ2n) is 5.62. The van der Waals surface area contributed by atoms with Gasteiger partial charge >= 0.3 is 0 Å². The van der Waals surface area contributed by atoms with Gasteiger partial charge in [-0.05, 0) is 36.4 Å². The number of rotatable bonds is 3. The van der Waals surface area contributed by atoms with Gasteiger partial charge in [0.1, 0.15) is 0 Å². The van der Waals surface area contributed by atoms with Gasteiger partial charge in [-0.2, -0.15) is 5.11 Å². The smallest absolute Gasteiger partial charge is 0.238 e. The monoisotopic (exact) mass is 367 g/mol. The van der Waals surface area contributed by atoms with Crippen LogP contribution in [0.25, 0.3) is 21.8 Å². The molecule has 2 aromatic carbocycles. The Bertz CT molecular complexity index is 1260. The number of aromatic nitrogens is 2. The molecule has 2 aromatic heterocycles. The molecule has 0 saturated carbocycles. The van der Waals surface area contributed by atoms with E-state index >= 15 is 0 Å². The molecule has 4 N–H and O–H groups in total. The molecule has 8 nitrogen and oxygen atoms in total. The van der Waals surface area contributed by atoms with Gasteiger partial charge in [0.2, 0.25) is 15.9 Å². The largest absolute Gasteiger partial charge is 0.493 e. The molecule has 9 heteroatoms. The van der Waals surface area contributed by atoms with Crippen molar-refractivity contribution in [3.8, 4) is 5.88 Å². The zero-order chi connectivity index (χ0) is 18.3. The van der Waals surface area contributed by atoms with Gasteiger partial charge in [0, 0.05) is 11.6 Å². The maximum absolute atomic E-state index is 11.3. The van der Waals surface area contributed by atoms with Gasteiger partial charge in [-0.1, -0.05) is 12.1 Å². The lowest BCUT2D eigenvalue weighted by atomic mass is 10.1. The standard InChI is InChI=1S/C17H13N5O3S/c18-26(24,25)12-6-4-11(5-7-12)21-22-16-14-13(20-17(16)23)8-3-10-2-1-9-19-15(10)14/h1-9,20,23H,(H2,18,24,25). The van der Waals surface area contributed by atoms with Crippen LogP contribution in [0, 0.1) is 0 Å². The third-order valence-corrected chi connectivity index (χ3v) is 4.85. The van der Waals surface area contributed by atoms with Crippen LogP contribution in [-0.4, -0.2) is 23.5 Å². The first-order valence-corrected chi connectivity index (χ1v) is 9.11. The number of pyridine rings is 1. The van der Waals surface area contributed by atoms with E-state index in [-0.39, 0.29) is 16.5 Å². The number of hydrogen-bond donors (Lipinski definition) is 3. The number of hydrogen-bond acceptors (Lipinski definition) is 6. The van der Waals surface area contributed by atoms with Gasteiger partial charge in [-0.25, -0.2) is 13.6 Å². The summed E-state index contributed by atoms with van der Waals surface area (Å²) in [5.74, 6) is -0.122. The molecule has 0 amide bonds. The van der Waals surface area contributed by atoms with E-state index in [4.69, 9.17) is 5.14 Å². The minimum absolute atomic E-state index is 0.0124. The molecule has 2 heterocycles. The summed E-state index contributed by atoms with van der Waals surface area (Å²) < 4.78 is 22.6. The molecule has 0 spiro atoms. The summed E-state index contributed by atoms with van der Waals surface area (Å²) in [6.07, 6.45) is 1.67. The fourth-order valence-corrected chi connectivity index (χ4v) is 3.22. The molecule has 130 valence electrons. The normalized spacial score (nSPS) is 12.3. The highest BCUT2D eigenvalue weighted by atomic mass is 32.2. The Morgan fingerprint density at radius 3 is 2.54 bits per heavy atom. The molecule has 0 fully saturated rings. The number of aromatic hydroxyl groups is 1. The highest BCUT2D eigenvalue weighted by Gasteiger charge is 2.14. The molecule has 0 aliphatic carbocycles. The van der Waals surface area contributed by atoms with E-state index in [1.165, 1.54) is 24.3 Å². The van der Waals surface area contributed by atoms with Crippen molar-refractivity contribution in [3.63, 3.8) is 0 Å². The topological polar surface area (TPSA) is 134 Å². The molecular formula is C17H13N5O3S. The Hall–Kier alpha value is -3.30. The Kier molecular flexibility index (Phi) is 3.67. The molecule has 0 bridgehead atoms. The molecule has 0 unspecified atom stereocenters. The number of sulfonamides is 1. The fourth-order valence-electron chi connectivity index (χ4n) is 2.70. The van der Waals surface area contributed by atoms with E-state index in [0.717, 1.165) is 5.39 Å². The van der Waals surface area contributed by atoms with Crippen molar-refractivity contribution < 1.29 is 13.5 Å². The minimum atomic E-state index is -3.76. The van der Waals surface area contributed by atoms with Gasteiger partial charge in [-0.3, -0.25) is 4.98 Å². The molecule has 26 heavy (non-hydrogen) atoms. The predicted octanol–water partition coefficient (Wildman–Crippen LogP) is 3.48. The van der Waals surface area contributed by atoms with Crippen molar-refractivity contribution >= 4 is 43.2 Å². The van der Waals surface area contributed by atoms with Gasteiger partial charge in [0.15, 0.2) is 5.69 Å². The molecule has 0 radical (unpaired) electrons. The lowest BCUT2D eigenvalue weighted by molar-refractivity contribution is 0.459. The lowest BCUT2D eigenvalue weighted by Gasteiger charge is -1.99. The maximum atomic E-state index is 11.3. The van der Waals surface area contributed by atoms with Crippen molar-refractivity contribution in [1.29, 1.82) is 0 Å². The summed E-state index contributed by atoms with van der Waals surface area (Å²) in [5, 5.41) is 25.0. The van der Waals surface area contributed by atoms with Gasteiger partial charge in [-0.15, -0.1) is 5.11 Å². The van der Waals surface area contributed by atoms with Crippen LogP contribution < -0.4 is 5.14 Å². The Morgan fingerprint density at radius 1 is 1.04 bits per heavy atom. The van der Waals surface area contributed by atoms with Crippen LogP contribution in [0.2, 0.25) is 0 Å². The number of nitrogens with one attached hydrogen (secondary N) is 1. The summed E-state index contributed by atoms with van der Waals surface area (Å²) in [5.41, 5.74) is 2.06. The van der Waals surface area contributed by atoms with Crippen LogP contribution >= 0.6 is 0 Å². The van der Waals surface area contributed by atoms with Gasteiger partial charge < -0.3 is 10.1 Å². The summed E-state index contributed by atoms with van der Waals surface area (Å²) in [6.45, 7) is 0. The van der Waals surface area contributed by atoms with Gasteiger partial charge in [0.05, 0.1) is 27.0 Å². The Morgan fingerprint density at radius 2 is 1.81 bits per heavy atom. The average molecular weight is 367 g/mol. The van der Waals surface area contributed by atoms with Crippen LogP contribution in [0.4, 0.5) is 11.4 Å². The number of primary sulfonamides is 1. The van der Waals surface area contributed by atoms with E-state index in [1.54, 1.807) is 6.20 Å². The van der Waals surface area contributed by atoms with Crippen molar-refractivity contribution in [2.24, 2.45) is 15.4 Å². The number of aromatic amines is 1. The fraction of sp³-hybridized carbons (Fsp3) is 0. The Labute approximate surface area is 148 Å². The third kappa shape index (κ3) is 2.79. The molecule has 0 atom stereocenters. The maximum Gasteiger partial charge on any atom is 0.238 e. The van der Waals surface area contributed by atoms with E-state index in [1.807, 2.05) is 24.3 Å². The van der Waals surface area contributed by atoms with E-state index < -0.39 is 10.0 Å². The molecular weight excluding hydrogens is 354 g/mol. The molecule has 4 rings (SSSR count). The van der Waals surface area contributed by atoms with Crippen LogP contribution in [-0.2, 0) is 10.0 Å². The SMILES string of the molecule is NS(=O)(=O)c1ccc(N=Nc2c(O)[nH]c3ccc4cccnc4c23)cc1. The lowest BCUT2D eigenvalue weighted by Crippen LogP contribution is -2.11. The second-order valence-corrected chi connectivity index (χ2v) is 7.19. The van der Waals surface area contributed by atoms with Crippen molar-refractivity contribution in [2.75, 3.05) is 0 Å². The van der Waals surface area contributed by atoms with E-state index in [0.29, 0.717) is 22.1 Å². The number of nitrogens with zero attached hydrogens (tertiary/aromatic N) is 3. The van der Waals surface area contributed by atoms with Crippen LogP contribution in [0.3, 0.4) is 0 Å². The molecule has 4 aromatic rings. The van der Waals surface area contributed by atoms with Crippen LogP contribution in [0.1, 0.15) is 0 Å². The second kappa shape index (κ2) is 5.90. The van der Waals surface area contributed by atoms with Crippen molar-refractivity contribution in [3.05, 3.63) is 54.7 Å². The van der Waals surface area contributed by atoms with Crippen LogP contribution in [0.15, 0.2) is 69.9 Å². The highest BCUT2D eigenvalue weighted by molar-refractivity contribution is 7.89. The van der Waals surface area contributed by atoms with Crippen LogP contribution in [0.5, 0.6) is 5.88 Å². The zero-order valence-electron chi connectivity index (χ0n) is 13.3. The zero-order valence-corrected chi connectivity index (χ0v) is 14.1. The summed E-state index contributed by atoms with van der Waals surface area (Å²) in [6, 6.07) is 13.1. The first-order chi connectivity index (χ1) is 12.4. The predicted molar refractivity (Wildman–Crippen MR) is 97.3 cm³/mol. The Balaban J connectivity index is 1.81. The summed E-state index contributed by atoms with van der Waals surface area (Å²) >= 11 is 0. The van der Waals surface area contributed by atoms with Crippen molar-refractivity contribution in [1.82, 2.24) is 9.97 Å². The first-order valence-electron chi connectivity index (χ1n) is 7.56. The number of nitrogens with two attached hydrogens (primary N) is 1. The quantitative estimate of drug-likeness (QED) is 0.478. The van der Waals surface area contributed by atoms with Gasteiger partial charge in [0.25, 0.3) is 0 Å². The third-order valence-electron chi connectivity index (χ3n) is 3.92. The number of benzene rings is 2. The highest BCUT2D eigenvalue weighted by Crippen LogP contribution is 2.39. The minimum Gasteiger partial charge on any atom is -0.493 e. The first kappa shape index (κ1) is 16.2. The number of azo groups is 1. The molecule has 0 saturated heterocycles. The molecule has 0 aliphatic rings. The number of H-pyrrole nitrogens is 1. The van der Waals surface area contributed by atoms with Crippen molar-refractivity contribution in [2.45, 2.75) is 4.90 Å². The van der Waals surface area contributed by atoms with E-state index in [9.17, 15) is 13.5 Å². The average Bonchev–Trinajstić information content (AvgIpc) is 2.95.